The van der Waals surface area contributed by atoms with Gasteiger partial charge in [-0.05, 0) is 26.3 Å². The lowest BCUT2D eigenvalue weighted by Gasteiger charge is -2.19. The van der Waals surface area contributed by atoms with Gasteiger partial charge < -0.3 is 9.84 Å². The van der Waals surface area contributed by atoms with Gasteiger partial charge in [0.15, 0.2) is 0 Å². The number of hydrogen-bond donors (Lipinski definition) is 1. The van der Waals surface area contributed by atoms with Gasteiger partial charge in [0.2, 0.25) is 0 Å². The van der Waals surface area contributed by atoms with Crippen molar-refractivity contribution in [3.05, 3.63) is 27.2 Å². The molecule has 6 heteroatoms. The summed E-state index contributed by atoms with van der Waals surface area (Å²) in [7, 11) is 0. The molecular formula is C12H13Cl3O3. The van der Waals surface area contributed by atoms with E-state index in [4.69, 9.17) is 44.6 Å². The fraction of sp³-hybridized carbons (Fsp3) is 0.417. The summed E-state index contributed by atoms with van der Waals surface area (Å²) in [6.45, 7) is 3.50. The Kier molecular flexibility index (Phi) is 5.14. The summed E-state index contributed by atoms with van der Waals surface area (Å²) in [6.07, 6.45) is 0.360. The van der Waals surface area contributed by atoms with Crippen molar-refractivity contribution in [2.24, 2.45) is 5.41 Å². The molecule has 1 aromatic carbocycles. The van der Waals surface area contributed by atoms with E-state index in [-0.39, 0.29) is 6.61 Å². The van der Waals surface area contributed by atoms with Gasteiger partial charge in [-0.25, -0.2) is 0 Å². The van der Waals surface area contributed by atoms with Gasteiger partial charge in [0, 0.05) is 6.07 Å². The highest BCUT2D eigenvalue weighted by Crippen LogP contribution is 2.34. The second-order valence-corrected chi connectivity index (χ2v) is 5.71. The molecule has 0 aliphatic carbocycles. The topological polar surface area (TPSA) is 46.5 Å². The van der Waals surface area contributed by atoms with E-state index in [1.54, 1.807) is 13.8 Å². The third-order valence-corrected chi connectivity index (χ3v) is 3.56. The van der Waals surface area contributed by atoms with E-state index in [2.05, 4.69) is 0 Å². The van der Waals surface area contributed by atoms with Gasteiger partial charge in [-0.15, -0.1) is 0 Å². The largest absolute Gasteiger partial charge is 0.492 e. The summed E-state index contributed by atoms with van der Waals surface area (Å²) in [5.74, 6) is -0.474. The molecule has 18 heavy (non-hydrogen) atoms. The number of carboxylic acids is 1. The molecule has 0 unspecified atom stereocenters. The van der Waals surface area contributed by atoms with Crippen molar-refractivity contribution in [1.29, 1.82) is 0 Å². The molecule has 1 rings (SSSR count). The zero-order valence-corrected chi connectivity index (χ0v) is 12.2. The summed E-state index contributed by atoms with van der Waals surface area (Å²) >= 11 is 17.6. The van der Waals surface area contributed by atoms with Crippen LogP contribution in [0.2, 0.25) is 15.1 Å². The summed E-state index contributed by atoms with van der Waals surface area (Å²) in [6, 6.07) is 3.00. The Bertz CT molecular complexity index is 458. The Morgan fingerprint density at radius 2 is 1.78 bits per heavy atom. The van der Waals surface area contributed by atoms with Gasteiger partial charge >= 0.3 is 5.97 Å². The van der Waals surface area contributed by atoms with Crippen LogP contribution in [0.15, 0.2) is 12.1 Å². The van der Waals surface area contributed by atoms with E-state index in [1.807, 2.05) is 0 Å². The molecule has 1 aromatic rings. The average molecular weight is 312 g/mol. The smallest absolute Gasteiger partial charge is 0.309 e. The van der Waals surface area contributed by atoms with Crippen molar-refractivity contribution in [2.75, 3.05) is 6.61 Å². The van der Waals surface area contributed by atoms with Crippen LogP contribution in [0.3, 0.4) is 0 Å². The van der Waals surface area contributed by atoms with Crippen molar-refractivity contribution in [2.45, 2.75) is 20.3 Å². The number of carboxylic acid groups (broad SMARTS) is 1. The highest BCUT2D eigenvalue weighted by molar-refractivity contribution is 6.43. The lowest BCUT2D eigenvalue weighted by molar-refractivity contribution is -0.147. The van der Waals surface area contributed by atoms with Crippen molar-refractivity contribution in [3.8, 4) is 5.75 Å². The Morgan fingerprint density at radius 1 is 1.22 bits per heavy atom. The number of aliphatic carboxylic acids is 1. The summed E-state index contributed by atoms with van der Waals surface area (Å²) < 4.78 is 5.42. The van der Waals surface area contributed by atoms with E-state index < -0.39 is 11.4 Å². The van der Waals surface area contributed by atoms with Crippen LogP contribution in [0.4, 0.5) is 0 Å². The Morgan fingerprint density at radius 3 is 2.33 bits per heavy atom. The van der Waals surface area contributed by atoms with Gasteiger partial charge in [0.25, 0.3) is 0 Å². The maximum absolute atomic E-state index is 10.9. The highest BCUT2D eigenvalue weighted by atomic mass is 35.5. The third-order valence-electron chi connectivity index (χ3n) is 2.54. The predicted molar refractivity (Wildman–Crippen MR) is 73.0 cm³/mol. The SMILES string of the molecule is CC(C)(CCOc1cc(Cl)c(Cl)cc1Cl)C(=O)O. The molecule has 0 saturated carbocycles. The molecule has 0 radical (unpaired) electrons. The Balaban J connectivity index is 2.65. The molecule has 0 aromatic heterocycles. The average Bonchev–Trinajstić information content (AvgIpc) is 2.25. The van der Waals surface area contributed by atoms with Gasteiger partial charge in [0.1, 0.15) is 5.75 Å². The summed E-state index contributed by atoms with van der Waals surface area (Å²) in [5.41, 5.74) is -0.845. The standard InChI is InChI=1S/C12H13Cl3O3/c1-12(2,11(16)17)3-4-18-10-6-8(14)7(13)5-9(10)15/h5-6H,3-4H2,1-2H3,(H,16,17). The van der Waals surface area contributed by atoms with Crippen LogP contribution < -0.4 is 4.74 Å². The van der Waals surface area contributed by atoms with Crippen LogP contribution in [0.5, 0.6) is 5.75 Å². The Hall–Kier alpha value is -0.640. The fourth-order valence-electron chi connectivity index (χ4n) is 1.14. The number of hydrogen-bond acceptors (Lipinski definition) is 2. The minimum Gasteiger partial charge on any atom is -0.492 e. The molecule has 0 spiro atoms. The van der Waals surface area contributed by atoms with Crippen molar-refractivity contribution >= 4 is 40.8 Å². The number of halogens is 3. The maximum Gasteiger partial charge on any atom is 0.309 e. The lowest BCUT2D eigenvalue weighted by Crippen LogP contribution is -2.25. The lowest BCUT2D eigenvalue weighted by atomic mass is 9.90. The van der Waals surface area contributed by atoms with Crippen molar-refractivity contribution in [3.63, 3.8) is 0 Å². The van der Waals surface area contributed by atoms with E-state index >= 15 is 0 Å². The van der Waals surface area contributed by atoms with Crippen LogP contribution in [0.1, 0.15) is 20.3 Å². The third kappa shape index (κ3) is 3.94. The first-order valence-electron chi connectivity index (χ1n) is 5.25. The van der Waals surface area contributed by atoms with E-state index in [1.165, 1.54) is 12.1 Å². The van der Waals surface area contributed by atoms with Gasteiger partial charge in [0.05, 0.1) is 27.1 Å². The first-order valence-corrected chi connectivity index (χ1v) is 6.38. The predicted octanol–water partition coefficient (Wildman–Crippen LogP) is 4.53. The number of rotatable bonds is 5. The van der Waals surface area contributed by atoms with Crippen LogP contribution >= 0.6 is 34.8 Å². The summed E-state index contributed by atoms with van der Waals surface area (Å²) in [4.78, 5) is 10.9. The highest BCUT2D eigenvalue weighted by Gasteiger charge is 2.26. The van der Waals surface area contributed by atoms with Crippen molar-refractivity contribution < 1.29 is 14.6 Å². The maximum atomic E-state index is 10.9. The molecule has 3 nitrogen and oxygen atoms in total. The second kappa shape index (κ2) is 6.00. The van der Waals surface area contributed by atoms with Crippen LogP contribution in [0.25, 0.3) is 0 Å². The second-order valence-electron chi connectivity index (χ2n) is 4.48. The minimum absolute atomic E-state index is 0.233. The molecular weight excluding hydrogens is 298 g/mol. The van der Waals surface area contributed by atoms with Gasteiger partial charge in [-0.2, -0.15) is 0 Å². The molecule has 0 aliphatic rings. The first-order chi connectivity index (χ1) is 8.24. The molecule has 0 heterocycles. The van der Waals surface area contributed by atoms with Crippen LogP contribution in [0, 0.1) is 5.41 Å². The zero-order valence-electron chi connectivity index (χ0n) is 9.97. The first kappa shape index (κ1) is 15.4. The van der Waals surface area contributed by atoms with E-state index in [0.29, 0.717) is 27.2 Å². The molecule has 0 atom stereocenters. The minimum atomic E-state index is -0.869. The van der Waals surface area contributed by atoms with Gasteiger partial charge in [-0.3, -0.25) is 4.79 Å². The quantitative estimate of drug-likeness (QED) is 0.813. The zero-order chi connectivity index (χ0) is 13.9. The molecule has 0 bridgehead atoms. The number of carbonyl (C=O) groups is 1. The molecule has 0 saturated heterocycles. The van der Waals surface area contributed by atoms with Crippen LogP contribution in [-0.2, 0) is 4.79 Å². The number of benzene rings is 1. The molecule has 0 aliphatic heterocycles. The molecule has 0 fully saturated rings. The van der Waals surface area contributed by atoms with E-state index in [0.717, 1.165) is 0 Å². The molecule has 100 valence electrons. The van der Waals surface area contributed by atoms with Crippen molar-refractivity contribution in [1.82, 2.24) is 0 Å². The fourth-order valence-corrected chi connectivity index (χ4v) is 1.73. The van der Waals surface area contributed by atoms with Gasteiger partial charge in [-0.1, -0.05) is 34.8 Å². The van der Waals surface area contributed by atoms with Crippen LogP contribution in [-0.4, -0.2) is 17.7 Å². The normalized spacial score (nSPS) is 11.4. The number of ether oxygens (including phenoxy) is 1. The summed E-state index contributed by atoms with van der Waals surface area (Å²) in [5, 5.41) is 9.99. The Labute approximate surface area is 121 Å². The monoisotopic (exact) mass is 310 g/mol. The van der Waals surface area contributed by atoms with E-state index in [9.17, 15) is 4.79 Å². The molecule has 1 N–H and O–H groups in total. The molecule has 0 amide bonds.